The molecule has 0 radical (unpaired) electrons. The normalized spacial score (nSPS) is 14.1. The fourth-order valence-electron chi connectivity index (χ4n) is 4.28. The summed E-state index contributed by atoms with van der Waals surface area (Å²) < 4.78 is 57.7. The maximum atomic E-state index is 13.9. The number of nitrogens with one attached hydrogen (secondary N) is 1. The number of hydrogen-bond acceptors (Lipinski definition) is 7. The smallest absolute Gasteiger partial charge is 0.416 e. The third kappa shape index (κ3) is 4.60. The number of H-pyrrole nitrogens is 1. The van der Waals surface area contributed by atoms with Gasteiger partial charge in [-0.2, -0.15) is 13.2 Å². The molecule has 0 bridgehead atoms. The summed E-state index contributed by atoms with van der Waals surface area (Å²) in [6.45, 7) is 0.532. The number of rotatable bonds is 4. The van der Waals surface area contributed by atoms with E-state index < -0.39 is 39.2 Å². The van der Waals surface area contributed by atoms with Crippen LogP contribution in [0.25, 0.3) is 22.4 Å². The molecule has 4 aromatic rings. The highest BCUT2D eigenvalue weighted by atomic mass is 19.4. The average molecular weight is 516 g/mol. The molecule has 9 nitrogen and oxygen atoms in total. The molecule has 0 amide bonds. The molecular formula is C24H16F4N4O5. The van der Waals surface area contributed by atoms with Crippen molar-refractivity contribution < 1.29 is 26.9 Å². The molecule has 0 atom stereocenters. The van der Waals surface area contributed by atoms with E-state index in [9.17, 15) is 37.3 Å². The minimum Gasteiger partial charge on any atom is -0.456 e. The number of nitro benzene ring substituents is 1. The Balaban J connectivity index is 1.40. The number of aromatic nitrogens is 2. The van der Waals surface area contributed by atoms with Crippen LogP contribution in [0.5, 0.6) is 0 Å². The molecule has 37 heavy (non-hydrogen) atoms. The SMILES string of the molecule is O=c1[nH]c(-c2ccc(C(F)(F)F)cc2)nc2c1CN(Cc1coc3c([N+](=O)[O-])cc(F)cc3c1=O)CC2. The number of nitro groups is 1. The minimum atomic E-state index is -4.48. The Morgan fingerprint density at radius 1 is 1.16 bits per heavy atom. The van der Waals surface area contributed by atoms with Crippen molar-refractivity contribution in [3.05, 3.63) is 102 Å². The van der Waals surface area contributed by atoms with Gasteiger partial charge in [0, 0.05) is 37.2 Å². The van der Waals surface area contributed by atoms with Crippen molar-refractivity contribution in [3.8, 4) is 11.4 Å². The number of hydrogen-bond donors (Lipinski definition) is 1. The van der Waals surface area contributed by atoms with Crippen LogP contribution in [0.4, 0.5) is 23.2 Å². The van der Waals surface area contributed by atoms with Crippen LogP contribution in [0.15, 0.2) is 56.7 Å². The van der Waals surface area contributed by atoms with Crippen molar-refractivity contribution in [2.24, 2.45) is 0 Å². The summed E-state index contributed by atoms with van der Waals surface area (Å²) in [6.07, 6.45) is -3.07. The van der Waals surface area contributed by atoms with Gasteiger partial charge in [0.2, 0.25) is 5.58 Å². The van der Waals surface area contributed by atoms with Crippen LogP contribution in [0.3, 0.4) is 0 Å². The topological polar surface area (TPSA) is 122 Å². The fourth-order valence-corrected chi connectivity index (χ4v) is 4.28. The van der Waals surface area contributed by atoms with Gasteiger partial charge in [0.1, 0.15) is 11.6 Å². The molecular weight excluding hydrogens is 500 g/mol. The number of fused-ring (bicyclic) bond motifs is 2. The maximum absolute atomic E-state index is 13.9. The van der Waals surface area contributed by atoms with E-state index in [4.69, 9.17) is 4.42 Å². The molecule has 0 saturated heterocycles. The Morgan fingerprint density at radius 3 is 2.57 bits per heavy atom. The van der Waals surface area contributed by atoms with Crippen LogP contribution in [0, 0.1) is 15.9 Å². The van der Waals surface area contributed by atoms with Gasteiger partial charge in [0.05, 0.1) is 39.5 Å². The van der Waals surface area contributed by atoms with Crippen molar-refractivity contribution in [2.45, 2.75) is 25.7 Å². The number of nitrogens with zero attached hydrogens (tertiary/aromatic N) is 3. The van der Waals surface area contributed by atoms with Crippen molar-refractivity contribution in [1.29, 1.82) is 0 Å². The quantitative estimate of drug-likeness (QED) is 0.245. The highest BCUT2D eigenvalue weighted by molar-refractivity contribution is 5.85. The molecule has 0 unspecified atom stereocenters. The predicted octanol–water partition coefficient (Wildman–Crippen LogP) is 4.17. The van der Waals surface area contributed by atoms with E-state index in [-0.39, 0.29) is 35.4 Å². The second-order valence-corrected chi connectivity index (χ2v) is 8.52. The van der Waals surface area contributed by atoms with Crippen molar-refractivity contribution in [3.63, 3.8) is 0 Å². The molecule has 1 aliphatic heterocycles. The molecule has 0 aliphatic carbocycles. The summed E-state index contributed by atoms with van der Waals surface area (Å²) in [5, 5.41) is 10.9. The number of halogens is 4. The van der Waals surface area contributed by atoms with E-state index in [0.29, 0.717) is 35.9 Å². The molecule has 2 aromatic carbocycles. The van der Waals surface area contributed by atoms with E-state index in [1.54, 1.807) is 4.90 Å². The zero-order chi connectivity index (χ0) is 26.5. The maximum Gasteiger partial charge on any atom is 0.416 e. The van der Waals surface area contributed by atoms with Crippen LogP contribution in [-0.2, 0) is 25.7 Å². The highest BCUT2D eigenvalue weighted by Crippen LogP contribution is 2.31. The fraction of sp³-hybridized carbons (Fsp3) is 0.208. The Hall–Kier alpha value is -4.39. The first-order valence-corrected chi connectivity index (χ1v) is 10.9. The first-order chi connectivity index (χ1) is 17.5. The lowest BCUT2D eigenvalue weighted by molar-refractivity contribution is -0.383. The highest BCUT2D eigenvalue weighted by Gasteiger charge is 2.30. The number of benzene rings is 2. The van der Waals surface area contributed by atoms with E-state index in [1.165, 1.54) is 12.1 Å². The molecule has 3 heterocycles. The van der Waals surface area contributed by atoms with E-state index in [1.807, 2.05) is 0 Å². The third-order valence-corrected chi connectivity index (χ3v) is 6.11. The summed E-state index contributed by atoms with van der Waals surface area (Å²) in [6, 6.07) is 5.83. The number of aromatic amines is 1. The Kier molecular flexibility index (Phi) is 5.86. The molecule has 0 saturated carbocycles. The second kappa shape index (κ2) is 8.92. The van der Waals surface area contributed by atoms with Gasteiger partial charge in [0.25, 0.3) is 5.56 Å². The van der Waals surface area contributed by atoms with Gasteiger partial charge in [-0.15, -0.1) is 0 Å². The molecule has 0 spiro atoms. The summed E-state index contributed by atoms with van der Waals surface area (Å²) in [7, 11) is 0. The Labute approximate surface area is 204 Å². The summed E-state index contributed by atoms with van der Waals surface area (Å²) in [4.78, 5) is 44.8. The van der Waals surface area contributed by atoms with Gasteiger partial charge in [-0.05, 0) is 18.2 Å². The number of alkyl halides is 3. The van der Waals surface area contributed by atoms with Crippen molar-refractivity contribution in [1.82, 2.24) is 14.9 Å². The second-order valence-electron chi connectivity index (χ2n) is 8.52. The van der Waals surface area contributed by atoms with Gasteiger partial charge in [-0.1, -0.05) is 12.1 Å². The lowest BCUT2D eigenvalue weighted by Gasteiger charge is -2.27. The van der Waals surface area contributed by atoms with Gasteiger partial charge >= 0.3 is 11.9 Å². The zero-order valence-corrected chi connectivity index (χ0v) is 18.8. The standard InChI is InChI=1S/C24H16F4N4O5/c25-15-7-16-20(33)13(11-37-21(16)19(8-15)32(35)36)9-31-6-5-18-17(10-31)23(34)30-22(29-18)12-1-3-14(4-2-12)24(26,27)28/h1-4,7-8,11H,5-6,9-10H2,(H,29,30,34). The first kappa shape index (κ1) is 24.3. The lowest BCUT2D eigenvalue weighted by atomic mass is 10.0. The lowest BCUT2D eigenvalue weighted by Crippen LogP contribution is -2.36. The van der Waals surface area contributed by atoms with Gasteiger partial charge < -0.3 is 9.40 Å². The number of non-ortho nitro benzene ring substituents is 1. The van der Waals surface area contributed by atoms with Gasteiger partial charge in [0.15, 0.2) is 5.43 Å². The molecule has 13 heteroatoms. The Morgan fingerprint density at radius 2 is 1.89 bits per heavy atom. The van der Waals surface area contributed by atoms with Crippen molar-refractivity contribution >= 4 is 16.7 Å². The molecule has 190 valence electrons. The molecule has 1 aliphatic rings. The molecule has 0 fully saturated rings. The third-order valence-electron chi connectivity index (χ3n) is 6.11. The molecule has 1 N–H and O–H groups in total. The van der Waals surface area contributed by atoms with Crippen LogP contribution >= 0.6 is 0 Å². The Bertz CT molecular complexity index is 1660. The average Bonchev–Trinajstić information content (AvgIpc) is 2.85. The van der Waals surface area contributed by atoms with Crippen LogP contribution < -0.4 is 11.0 Å². The zero-order valence-electron chi connectivity index (χ0n) is 18.8. The largest absolute Gasteiger partial charge is 0.456 e. The van der Waals surface area contributed by atoms with E-state index in [0.717, 1.165) is 24.5 Å². The van der Waals surface area contributed by atoms with Gasteiger partial charge in [-0.3, -0.25) is 24.6 Å². The predicted molar refractivity (Wildman–Crippen MR) is 122 cm³/mol. The van der Waals surface area contributed by atoms with E-state index >= 15 is 0 Å². The van der Waals surface area contributed by atoms with E-state index in [2.05, 4.69) is 9.97 Å². The summed E-state index contributed by atoms with van der Waals surface area (Å²) in [5.41, 5.74) is -1.62. The van der Waals surface area contributed by atoms with Gasteiger partial charge in [-0.25, -0.2) is 9.37 Å². The van der Waals surface area contributed by atoms with Crippen LogP contribution in [0.2, 0.25) is 0 Å². The van der Waals surface area contributed by atoms with Crippen LogP contribution in [0.1, 0.15) is 22.4 Å². The summed E-state index contributed by atoms with van der Waals surface area (Å²) >= 11 is 0. The molecule has 2 aromatic heterocycles. The first-order valence-electron chi connectivity index (χ1n) is 10.9. The molecule has 5 rings (SSSR count). The van der Waals surface area contributed by atoms with Crippen LogP contribution in [-0.4, -0.2) is 26.3 Å². The minimum absolute atomic E-state index is 0.0299. The van der Waals surface area contributed by atoms with Crippen molar-refractivity contribution in [2.75, 3.05) is 6.54 Å². The monoisotopic (exact) mass is 516 g/mol. The summed E-state index contributed by atoms with van der Waals surface area (Å²) in [5.74, 6) is -0.804.